The second kappa shape index (κ2) is 8.52. The number of hydrogen-bond acceptors (Lipinski definition) is 5. The normalized spacial score (nSPS) is 11.0. The lowest BCUT2D eigenvalue weighted by molar-refractivity contribution is 0.102. The Morgan fingerprint density at radius 3 is 2.58 bits per heavy atom. The molecule has 0 unspecified atom stereocenters. The van der Waals surface area contributed by atoms with Gasteiger partial charge in [-0.1, -0.05) is 26.0 Å². The van der Waals surface area contributed by atoms with E-state index >= 15 is 0 Å². The van der Waals surface area contributed by atoms with Crippen molar-refractivity contribution >= 4 is 22.7 Å². The van der Waals surface area contributed by atoms with Crippen molar-refractivity contribution in [3.63, 3.8) is 0 Å². The number of amides is 1. The Bertz CT molecular complexity index is 1240. The maximum absolute atomic E-state index is 12.8. The lowest BCUT2D eigenvalue weighted by Crippen LogP contribution is -2.12. The molecule has 1 heterocycles. The number of oxazole rings is 1. The first kappa shape index (κ1) is 20.5. The third-order valence-electron chi connectivity index (χ3n) is 5.10. The largest absolute Gasteiger partial charge is 0.497 e. The summed E-state index contributed by atoms with van der Waals surface area (Å²) in [5.41, 5.74) is 4.47. The molecule has 1 amide bonds. The van der Waals surface area contributed by atoms with Gasteiger partial charge in [-0.25, -0.2) is 4.98 Å². The van der Waals surface area contributed by atoms with E-state index in [0.717, 1.165) is 16.7 Å². The Morgan fingerprint density at radius 1 is 1.00 bits per heavy atom. The first-order valence-corrected chi connectivity index (χ1v) is 10.0. The monoisotopic (exact) mass is 416 g/mol. The molecule has 4 rings (SSSR count). The summed E-state index contributed by atoms with van der Waals surface area (Å²) < 4.78 is 16.6. The van der Waals surface area contributed by atoms with Crippen LogP contribution in [0.1, 0.15) is 35.7 Å². The van der Waals surface area contributed by atoms with E-state index in [1.165, 1.54) is 5.56 Å². The number of aromatic nitrogens is 1. The van der Waals surface area contributed by atoms with Gasteiger partial charge in [-0.15, -0.1) is 0 Å². The van der Waals surface area contributed by atoms with Gasteiger partial charge in [0.25, 0.3) is 5.91 Å². The number of nitrogens with zero attached hydrogens (tertiary/aromatic N) is 1. The fourth-order valence-corrected chi connectivity index (χ4v) is 3.32. The molecule has 0 radical (unpaired) electrons. The molecule has 0 aliphatic heterocycles. The van der Waals surface area contributed by atoms with Crippen LogP contribution in [0.4, 0.5) is 5.69 Å². The van der Waals surface area contributed by atoms with Crippen LogP contribution >= 0.6 is 0 Å². The van der Waals surface area contributed by atoms with Crippen LogP contribution < -0.4 is 14.8 Å². The van der Waals surface area contributed by atoms with E-state index in [1.807, 2.05) is 18.2 Å². The van der Waals surface area contributed by atoms with E-state index in [0.29, 0.717) is 34.6 Å². The Balaban J connectivity index is 1.67. The average Bonchev–Trinajstić information content (AvgIpc) is 3.22. The number of carbonyl (C=O) groups excluding carboxylic acids is 1. The van der Waals surface area contributed by atoms with Gasteiger partial charge in [0.05, 0.1) is 19.9 Å². The summed E-state index contributed by atoms with van der Waals surface area (Å²) in [5.74, 6) is 1.77. The Hall–Kier alpha value is -3.80. The lowest BCUT2D eigenvalue weighted by atomic mass is 10.0. The molecule has 0 saturated heterocycles. The minimum atomic E-state index is -0.270. The number of hydrogen-bond donors (Lipinski definition) is 1. The molecule has 4 aromatic rings. The van der Waals surface area contributed by atoms with E-state index in [4.69, 9.17) is 13.9 Å². The van der Waals surface area contributed by atoms with Crippen LogP contribution in [-0.2, 0) is 0 Å². The third kappa shape index (κ3) is 4.23. The van der Waals surface area contributed by atoms with Gasteiger partial charge < -0.3 is 19.2 Å². The molecule has 0 fully saturated rings. The molecule has 3 aromatic carbocycles. The molecule has 1 N–H and O–H groups in total. The van der Waals surface area contributed by atoms with Crippen LogP contribution in [0.3, 0.4) is 0 Å². The summed E-state index contributed by atoms with van der Waals surface area (Å²) in [6, 6.07) is 18.4. The fraction of sp³-hybridized carbons (Fsp3) is 0.200. The summed E-state index contributed by atoms with van der Waals surface area (Å²) >= 11 is 0. The van der Waals surface area contributed by atoms with Crippen LogP contribution in [0.5, 0.6) is 11.5 Å². The predicted molar refractivity (Wildman–Crippen MR) is 121 cm³/mol. The maximum atomic E-state index is 12.8. The van der Waals surface area contributed by atoms with Gasteiger partial charge in [0.2, 0.25) is 5.89 Å². The van der Waals surface area contributed by atoms with Crippen LogP contribution in [-0.4, -0.2) is 25.1 Å². The zero-order valence-electron chi connectivity index (χ0n) is 17.9. The van der Waals surface area contributed by atoms with Crippen molar-refractivity contribution in [3.05, 3.63) is 71.8 Å². The number of benzene rings is 3. The molecule has 0 aliphatic rings. The highest BCUT2D eigenvalue weighted by Gasteiger charge is 2.15. The van der Waals surface area contributed by atoms with Gasteiger partial charge in [-0.05, 0) is 60.0 Å². The van der Waals surface area contributed by atoms with Crippen LogP contribution in [0, 0.1) is 0 Å². The first-order chi connectivity index (χ1) is 15.0. The number of anilines is 1. The molecule has 0 aliphatic carbocycles. The number of methoxy groups -OCH3 is 2. The number of carbonyl (C=O) groups is 1. The van der Waals surface area contributed by atoms with Gasteiger partial charge in [0.15, 0.2) is 5.58 Å². The highest BCUT2D eigenvalue weighted by Crippen LogP contribution is 2.33. The molecule has 0 saturated carbocycles. The number of fused-ring (bicyclic) bond motifs is 1. The summed E-state index contributed by atoms with van der Waals surface area (Å²) in [6.07, 6.45) is 0. The van der Waals surface area contributed by atoms with Crippen molar-refractivity contribution in [1.29, 1.82) is 0 Å². The first-order valence-electron chi connectivity index (χ1n) is 10.0. The molecule has 6 heteroatoms. The van der Waals surface area contributed by atoms with E-state index < -0.39 is 0 Å². The van der Waals surface area contributed by atoms with Crippen molar-refractivity contribution < 1.29 is 18.7 Å². The van der Waals surface area contributed by atoms with Crippen molar-refractivity contribution in [2.24, 2.45) is 0 Å². The molecular formula is C25H24N2O4. The maximum Gasteiger partial charge on any atom is 0.255 e. The Kier molecular flexibility index (Phi) is 5.62. The molecule has 158 valence electrons. The zero-order valence-corrected chi connectivity index (χ0v) is 17.9. The van der Waals surface area contributed by atoms with E-state index in [9.17, 15) is 4.79 Å². The molecule has 6 nitrogen and oxygen atoms in total. The molecule has 0 bridgehead atoms. The standard InChI is InChI=1S/C25H24N2O4/c1-15(2)16-8-11-23-21(13-16)27-25(31-23)18-9-10-22(30-4)20(14-18)26-24(28)17-6-5-7-19(12-17)29-3/h5-15H,1-4H3,(H,26,28). The molecule has 1 aromatic heterocycles. The van der Waals surface area contributed by atoms with Gasteiger partial charge in [0, 0.05) is 11.1 Å². The topological polar surface area (TPSA) is 73.6 Å². The van der Waals surface area contributed by atoms with Gasteiger partial charge in [-0.3, -0.25) is 4.79 Å². The Morgan fingerprint density at radius 2 is 1.84 bits per heavy atom. The lowest BCUT2D eigenvalue weighted by Gasteiger charge is -2.12. The smallest absolute Gasteiger partial charge is 0.255 e. The van der Waals surface area contributed by atoms with Crippen molar-refractivity contribution in [1.82, 2.24) is 4.98 Å². The number of rotatable bonds is 6. The number of nitrogens with one attached hydrogen (secondary N) is 1. The molecule has 31 heavy (non-hydrogen) atoms. The summed E-state index contributed by atoms with van der Waals surface area (Å²) in [7, 11) is 3.12. The molecular weight excluding hydrogens is 392 g/mol. The fourth-order valence-electron chi connectivity index (χ4n) is 3.32. The van der Waals surface area contributed by atoms with E-state index in [1.54, 1.807) is 50.6 Å². The second-order valence-electron chi connectivity index (χ2n) is 7.50. The second-order valence-corrected chi connectivity index (χ2v) is 7.50. The van der Waals surface area contributed by atoms with Gasteiger partial charge in [0.1, 0.15) is 17.0 Å². The zero-order chi connectivity index (χ0) is 22.0. The highest BCUT2D eigenvalue weighted by atomic mass is 16.5. The predicted octanol–water partition coefficient (Wildman–Crippen LogP) is 5.89. The highest BCUT2D eigenvalue weighted by molar-refractivity contribution is 6.05. The number of ether oxygens (including phenoxy) is 2. The van der Waals surface area contributed by atoms with Gasteiger partial charge >= 0.3 is 0 Å². The van der Waals surface area contributed by atoms with Crippen LogP contribution in [0.15, 0.2) is 65.1 Å². The van der Waals surface area contributed by atoms with E-state index in [-0.39, 0.29) is 5.91 Å². The van der Waals surface area contributed by atoms with E-state index in [2.05, 4.69) is 30.2 Å². The summed E-state index contributed by atoms with van der Waals surface area (Å²) in [5, 5.41) is 2.91. The summed E-state index contributed by atoms with van der Waals surface area (Å²) in [6.45, 7) is 4.28. The van der Waals surface area contributed by atoms with Crippen LogP contribution in [0.2, 0.25) is 0 Å². The van der Waals surface area contributed by atoms with Gasteiger partial charge in [-0.2, -0.15) is 0 Å². The average molecular weight is 416 g/mol. The van der Waals surface area contributed by atoms with Crippen molar-refractivity contribution in [3.8, 4) is 23.0 Å². The molecule has 0 atom stereocenters. The quantitative estimate of drug-likeness (QED) is 0.424. The summed E-state index contributed by atoms with van der Waals surface area (Å²) in [4.78, 5) is 17.4. The minimum Gasteiger partial charge on any atom is -0.497 e. The third-order valence-corrected chi connectivity index (χ3v) is 5.10. The molecule has 0 spiro atoms. The minimum absolute atomic E-state index is 0.270. The van der Waals surface area contributed by atoms with Crippen molar-refractivity contribution in [2.45, 2.75) is 19.8 Å². The van der Waals surface area contributed by atoms with Crippen molar-refractivity contribution in [2.75, 3.05) is 19.5 Å². The van der Waals surface area contributed by atoms with Crippen LogP contribution in [0.25, 0.3) is 22.6 Å². The SMILES string of the molecule is COc1cccc(C(=O)Nc2cc(-c3nc4cc(C(C)C)ccc4o3)ccc2OC)c1. The Labute approximate surface area is 180 Å².